The summed E-state index contributed by atoms with van der Waals surface area (Å²) in [5.74, 6) is 0.542. The SMILES string of the molecule is CCOc1cn(-c2ccccc2)nc1C(=O)N(C)CC(O)C1CC1. The standard InChI is InChI=1S/C18H23N3O3/c1-3-24-16-12-21(14-7-5-4-6-8-14)19-17(16)18(23)20(2)11-15(22)13-9-10-13/h4-8,12-13,15,22H,3,9-11H2,1-2H3. The number of aromatic nitrogens is 2. The van der Waals surface area contributed by atoms with E-state index in [0.29, 0.717) is 24.8 Å². The summed E-state index contributed by atoms with van der Waals surface area (Å²) < 4.78 is 7.22. The molecule has 0 bridgehead atoms. The van der Waals surface area contributed by atoms with Crippen molar-refractivity contribution in [1.29, 1.82) is 0 Å². The highest BCUT2D eigenvalue weighted by atomic mass is 16.5. The minimum atomic E-state index is -0.467. The molecular weight excluding hydrogens is 306 g/mol. The van der Waals surface area contributed by atoms with E-state index in [-0.39, 0.29) is 11.6 Å². The van der Waals surface area contributed by atoms with Gasteiger partial charge in [-0.1, -0.05) is 18.2 Å². The summed E-state index contributed by atoms with van der Waals surface area (Å²) in [6, 6.07) is 9.58. The average Bonchev–Trinajstić information content (AvgIpc) is 3.36. The number of aliphatic hydroxyl groups is 1. The molecule has 1 N–H and O–H groups in total. The Labute approximate surface area is 141 Å². The zero-order chi connectivity index (χ0) is 17.1. The number of ether oxygens (including phenoxy) is 1. The van der Waals surface area contributed by atoms with Gasteiger partial charge in [0.05, 0.1) is 24.6 Å². The van der Waals surface area contributed by atoms with Gasteiger partial charge in [-0.05, 0) is 37.8 Å². The van der Waals surface area contributed by atoms with Crippen LogP contribution in [0.1, 0.15) is 30.3 Å². The predicted octanol–water partition coefficient (Wildman–Crippen LogP) is 2.11. The fraction of sp³-hybridized carbons (Fsp3) is 0.444. The van der Waals surface area contributed by atoms with Crippen LogP contribution in [0.2, 0.25) is 0 Å². The van der Waals surface area contributed by atoms with Crippen LogP contribution in [0.3, 0.4) is 0 Å². The highest BCUT2D eigenvalue weighted by molar-refractivity contribution is 5.94. The van der Waals surface area contributed by atoms with Crippen molar-refractivity contribution in [3.05, 3.63) is 42.2 Å². The van der Waals surface area contributed by atoms with Crippen LogP contribution in [-0.4, -0.2) is 52.0 Å². The van der Waals surface area contributed by atoms with Crippen LogP contribution in [0.25, 0.3) is 5.69 Å². The maximum absolute atomic E-state index is 12.7. The summed E-state index contributed by atoms with van der Waals surface area (Å²) in [6.45, 7) is 2.64. The van der Waals surface area contributed by atoms with Crippen LogP contribution in [0.5, 0.6) is 5.75 Å². The number of para-hydroxylation sites is 1. The van der Waals surface area contributed by atoms with Crippen LogP contribution in [0, 0.1) is 5.92 Å². The first-order valence-corrected chi connectivity index (χ1v) is 8.31. The van der Waals surface area contributed by atoms with Gasteiger partial charge in [-0.2, -0.15) is 5.10 Å². The van der Waals surface area contributed by atoms with Crippen molar-refractivity contribution in [3.8, 4) is 11.4 Å². The number of benzene rings is 1. The Hall–Kier alpha value is -2.34. The monoisotopic (exact) mass is 329 g/mol. The maximum Gasteiger partial charge on any atom is 0.278 e. The molecule has 24 heavy (non-hydrogen) atoms. The van der Waals surface area contributed by atoms with E-state index in [2.05, 4.69) is 5.10 Å². The summed E-state index contributed by atoms with van der Waals surface area (Å²) in [5.41, 5.74) is 1.13. The lowest BCUT2D eigenvalue weighted by Crippen LogP contribution is -2.35. The third kappa shape index (κ3) is 3.59. The van der Waals surface area contributed by atoms with Crippen molar-refractivity contribution in [2.75, 3.05) is 20.2 Å². The Kier molecular flexibility index (Phi) is 4.85. The van der Waals surface area contributed by atoms with E-state index < -0.39 is 6.10 Å². The number of nitrogens with zero attached hydrogens (tertiary/aromatic N) is 3. The summed E-state index contributed by atoms with van der Waals surface area (Å²) in [7, 11) is 1.69. The lowest BCUT2D eigenvalue weighted by atomic mass is 10.2. The molecule has 1 atom stereocenters. The molecule has 2 aromatic rings. The highest BCUT2D eigenvalue weighted by Crippen LogP contribution is 2.33. The first-order valence-electron chi connectivity index (χ1n) is 8.31. The fourth-order valence-corrected chi connectivity index (χ4v) is 2.65. The third-order valence-electron chi connectivity index (χ3n) is 4.18. The second-order valence-electron chi connectivity index (χ2n) is 6.15. The van der Waals surface area contributed by atoms with E-state index in [1.165, 1.54) is 4.90 Å². The number of hydrogen-bond donors (Lipinski definition) is 1. The number of carbonyl (C=O) groups is 1. The van der Waals surface area contributed by atoms with Gasteiger partial charge < -0.3 is 14.7 Å². The third-order valence-corrected chi connectivity index (χ3v) is 4.18. The van der Waals surface area contributed by atoms with Gasteiger partial charge in [-0.25, -0.2) is 4.68 Å². The lowest BCUT2D eigenvalue weighted by molar-refractivity contribution is 0.0636. The lowest BCUT2D eigenvalue weighted by Gasteiger charge is -2.20. The molecule has 0 spiro atoms. The molecule has 1 heterocycles. The number of rotatable bonds is 7. The Bertz CT molecular complexity index is 695. The van der Waals surface area contributed by atoms with Crippen molar-refractivity contribution in [3.63, 3.8) is 0 Å². The molecule has 0 aliphatic heterocycles. The summed E-state index contributed by atoms with van der Waals surface area (Å²) >= 11 is 0. The summed E-state index contributed by atoms with van der Waals surface area (Å²) in [6.07, 6.45) is 3.33. The van der Waals surface area contributed by atoms with Crippen LogP contribution < -0.4 is 4.74 Å². The number of likely N-dealkylation sites (N-methyl/N-ethyl adjacent to an activating group) is 1. The zero-order valence-corrected chi connectivity index (χ0v) is 14.1. The van der Waals surface area contributed by atoms with E-state index in [9.17, 15) is 9.90 Å². The van der Waals surface area contributed by atoms with E-state index in [4.69, 9.17) is 4.74 Å². The summed E-state index contributed by atoms with van der Waals surface area (Å²) in [5, 5.41) is 14.5. The Morgan fingerprint density at radius 3 is 2.75 bits per heavy atom. The molecule has 1 unspecified atom stereocenters. The molecule has 1 aromatic heterocycles. The molecule has 0 saturated heterocycles. The number of aliphatic hydroxyl groups excluding tert-OH is 1. The molecule has 6 nitrogen and oxygen atoms in total. The van der Waals surface area contributed by atoms with Gasteiger partial charge in [0.1, 0.15) is 0 Å². The van der Waals surface area contributed by atoms with Crippen LogP contribution in [0.4, 0.5) is 0 Å². The van der Waals surface area contributed by atoms with Crippen LogP contribution in [0.15, 0.2) is 36.5 Å². The molecule has 6 heteroatoms. The smallest absolute Gasteiger partial charge is 0.278 e. The van der Waals surface area contributed by atoms with Gasteiger partial charge in [-0.3, -0.25) is 4.79 Å². The van der Waals surface area contributed by atoms with E-state index in [0.717, 1.165) is 18.5 Å². The van der Waals surface area contributed by atoms with Gasteiger partial charge in [-0.15, -0.1) is 0 Å². The van der Waals surface area contributed by atoms with Crippen molar-refractivity contribution >= 4 is 5.91 Å². The number of carbonyl (C=O) groups excluding carboxylic acids is 1. The Morgan fingerprint density at radius 1 is 1.42 bits per heavy atom. The molecule has 128 valence electrons. The Balaban J connectivity index is 1.82. The topological polar surface area (TPSA) is 67.6 Å². The number of hydrogen-bond acceptors (Lipinski definition) is 4. The minimum Gasteiger partial charge on any atom is -0.490 e. The molecule has 1 aliphatic carbocycles. The first-order chi connectivity index (χ1) is 11.6. The van der Waals surface area contributed by atoms with Crippen LogP contribution >= 0.6 is 0 Å². The number of amides is 1. The normalized spacial score (nSPS) is 15.1. The van der Waals surface area contributed by atoms with E-state index >= 15 is 0 Å². The maximum atomic E-state index is 12.7. The minimum absolute atomic E-state index is 0.243. The van der Waals surface area contributed by atoms with Crippen LogP contribution in [-0.2, 0) is 0 Å². The second kappa shape index (κ2) is 7.05. The molecule has 1 aliphatic rings. The first kappa shape index (κ1) is 16.5. The van der Waals surface area contributed by atoms with E-state index in [1.54, 1.807) is 17.9 Å². The summed E-state index contributed by atoms with van der Waals surface area (Å²) in [4.78, 5) is 14.2. The average molecular weight is 329 g/mol. The largest absolute Gasteiger partial charge is 0.490 e. The Morgan fingerprint density at radius 2 is 2.12 bits per heavy atom. The molecular formula is C18H23N3O3. The molecule has 1 aromatic carbocycles. The van der Waals surface area contributed by atoms with Crippen molar-refractivity contribution in [2.45, 2.75) is 25.9 Å². The van der Waals surface area contributed by atoms with Crippen molar-refractivity contribution in [1.82, 2.24) is 14.7 Å². The zero-order valence-electron chi connectivity index (χ0n) is 14.1. The molecule has 1 fully saturated rings. The van der Waals surface area contributed by atoms with Gasteiger partial charge in [0, 0.05) is 13.6 Å². The fourth-order valence-electron chi connectivity index (χ4n) is 2.65. The van der Waals surface area contributed by atoms with Gasteiger partial charge in [0.15, 0.2) is 11.4 Å². The van der Waals surface area contributed by atoms with Gasteiger partial charge in [0.2, 0.25) is 0 Å². The molecule has 3 rings (SSSR count). The molecule has 1 saturated carbocycles. The van der Waals surface area contributed by atoms with Gasteiger partial charge >= 0.3 is 0 Å². The van der Waals surface area contributed by atoms with Crippen molar-refractivity contribution in [2.24, 2.45) is 5.92 Å². The molecule has 1 amide bonds. The van der Waals surface area contributed by atoms with E-state index in [1.807, 2.05) is 37.3 Å². The van der Waals surface area contributed by atoms with Crippen molar-refractivity contribution < 1.29 is 14.6 Å². The quantitative estimate of drug-likeness (QED) is 0.845. The van der Waals surface area contributed by atoms with Gasteiger partial charge in [0.25, 0.3) is 5.91 Å². The highest BCUT2D eigenvalue weighted by Gasteiger charge is 2.32. The predicted molar refractivity (Wildman–Crippen MR) is 90.4 cm³/mol. The second-order valence-corrected chi connectivity index (χ2v) is 6.15. The molecule has 0 radical (unpaired) electrons.